The molecule has 2 aliphatic rings. The van der Waals surface area contributed by atoms with Crippen LogP contribution in [0.3, 0.4) is 0 Å². The number of aromatic nitrogens is 2. The average molecular weight is 424 g/mol. The fourth-order valence-electron chi connectivity index (χ4n) is 4.10. The molecule has 1 aromatic heterocycles. The highest BCUT2D eigenvalue weighted by molar-refractivity contribution is 6.02. The first-order valence-corrected chi connectivity index (χ1v) is 10.4. The average Bonchev–Trinajstić information content (AvgIpc) is 3.51. The standard InChI is InChI=1S/C22H25FN6O2/c23-18-14-28(12-15-4-2-1-3-5-15)11-9-22(18,8-10-24)29-13-17(19(25)30)20(27-29)26-21(31)16-6-7-16/h1-5,13,16,18H,6-9,11-12,14H2,(H2,25,30)(H,26,27,31)/t18-,22+/m1/s1. The van der Waals surface area contributed by atoms with Crippen molar-refractivity contribution in [3.63, 3.8) is 0 Å². The lowest BCUT2D eigenvalue weighted by atomic mass is 9.83. The summed E-state index contributed by atoms with van der Waals surface area (Å²) in [5.41, 5.74) is 5.35. The molecule has 0 unspecified atom stereocenters. The first kappa shape index (κ1) is 21.0. The van der Waals surface area contributed by atoms with Gasteiger partial charge in [0.2, 0.25) is 5.91 Å². The zero-order chi connectivity index (χ0) is 22.0. The third-order valence-corrected chi connectivity index (χ3v) is 6.12. The van der Waals surface area contributed by atoms with Gasteiger partial charge in [-0.25, -0.2) is 4.39 Å². The fourth-order valence-corrected chi connectivity index (χ4v) is 4.10. The lowest BCUT2D eigenvalue weighted by Gasteiger charge is -2.43. The number of nitrogens with two attached hydrogens (primary N) is 1. The van der Waals surface area contributed by atoms with Gasteiger partial charge in [-0.15, -0.1) is 0 Å². The number of carbonyl (C=O) groups is 2. The largest absolute Gasteiger partial charge is 0.365 e. The molecule has 2 atom stereocenters. The van der Waals surface area contributed by atoms with E-state index in [1.54, 1.807) is 0 Å². The summed E-state index contributed by atoms with van der Waals surface area (Å²) in [7, 11) is 0. The summed E-state index contributed by atoms with van der Waals surface area (Å²) in [6, 6.07) is 11.9. The lowest BCUT2D eigenvalue weighted by Crippen LogP contribution is -2.54. The number of likely N-dealkylation sites (tertiary alicyclic amines) is 1. The Balaban J connectivity index is 1.58. The van der Waals surface area contributed by atoms with E-state index < -0.39 is 17.6 Å². The van der Waals surface area contributed by atoms with Crippen LogP contribution >= 0.6 is 0 Å². The van der Waals surface area contributed by atoms with Crippen LogP contribution in [-0.4, -0.2) is 45.8 Å². The second-order valence-electron chi connectivity index (χ2n) is 8.34. The number of hydrogen-bond donors (Lipinski definition) is 2. The van der Waals surface area contributed by atoms with E-state index in [0.29, 0.717) is 19.5 Å². The Hall–Kier alpha value is -3.25. The molecule has 1 aromatic carbocycles. The molecule has 162 valence electrons. The van der Waals surface area contributed by atoms with E-state index in [-0.39, 0.29) is 36.2 Å². The van der Waals surface area contributed by atoms with Crippen molar-refractivity contribution in [2.75, 3.05) is 18.4 Å². The van der Waals surface area contributed by atoms with E-state index in [4.69, 9.17) is 5.73 Å². The molecule has 0 radical (unpaired) electrons. The van der Waals surface area contributed by atoms with Gasteiger partial charge in [0.05, 0.1) is 12.5 Å². The molecule has 0 spiro atoms. The van der Waals surface area contributed by atoms with Crippen LogP contribution in [0.5, 0.6) is 0 Å². The Labute approximate surface area is 179 Å². The maximum absolute atomic E-state index is 15.6. The van der Waals surface area contributed by atoms with Gasteiger partial charge >= 0.3 is 0 Å². The summed E-state index contributed by atoms with van der Waals surface area (Å²) in [6.07, 6.45) is 1.79. The Bertz CT molecular complexity index is 1010. The van der Waals surface area contributed by atoms with Crippen LogP contribution in [0.2, 0.25) is 0 Å². The molecule has 9 heteroatoms. The predicted molar refractivity (Wildman–Crippen MR) is 112 cm³/mol. The first-order valence-electron chi connectivity index (χ1n) is 10.4. The number of rotatable bonds is 7. The molecule has 2 heterocycles. The van der Waals surface area contributed by atoms with Crippen molar-refractivity contribution in [1.29, 1.82) is 5.26 Å². The number of anilines is 1. The number of hydrogen-bond acceptors (Lipinski definition) is 5. The highest BCUT2D eigenvalue weighted by Gasteiger charge is 2.46. The molecular weight excluding hydrogens is 399 g/mol. The summed E-state index contributed by atoms with van der Waals surface area (Å²) >= 11 is 0. The molecular formula is C22H25FN6O2. The molecule has 2 fully saturated rings. The number of alkyl halides is 1. The van der Waals surface area contributed by atoms with Crippen LogP contribution in [0.15, 0.2) is 36.5 Å². The smallest absolute Gasteiger partial charge is 0.254 e. The number of piperidine rings is 1. The van der Waals surface area contributed by atoms with E-state index in [1.165, 1.54) is 10.9 Å². The minimum absolute atomic E-state index is 0.0187. The molecule has 1 saturated heterocycles. The summed E-state index contributed by atoms with van der Waals surface area (Å²) in [6.45, 7) is 1.30. The minimum Gasteiger partial charge on any atom is -0.365 e. The van der Waals surface area contributed by atoms with E-state index in [0.717, 1.165) is 18.4 Å². The number of benzene rings is 1. The van der Waals surface area contributed by atoms with Gasteiger partial charge in [-0.2, -0.15) is 10.4 Å². The van der Waals surface area contributed by atoms with Crippen molar-refractivity contribution in [2.24, 2.45) is 11.7 Å². The summed E-state index contributed by atoms with van der Waals surface area (Å²) in [5.74, 6) is -1.05. The Morgan fingerprint density at radius 2 is 2.06 bits per heavy atom. The Kier molecular flexibility index (Phi) is 5.74. The maximum Gasteiger partial charge on any atom is 0.254 e. The van der Waals surface area contributed by atoms with Gasteiger partial charge in [-0.1, -0.05) is 30.3 Å². The number of nitriles is 1. The number of nitrogens with zero attached hydrogens (tertiary/aromatic N) is 4. The number of amides is 2. The van der Waals surface area contributed by atoms with E-state index in [2.05, 4.69) is 16.5 Å². The first-order chi connectivity index (χ1) is 14.9. The molecule has 8 nitrogen and oxygen atoms in total. The third-order valence-electron chi connectivity index (χ3n) is 6.12. The number of halogens is 1. The quantitative estimate of drug-likeness (QED) is 0.707. The fraction of sp³-hybridized carbons (Fsp3) is 0.455. The molecule has 2 amide bonds. The SMILES string of the molecule is N#CC[C@]1(n2cc(C(N)=O)c(NC(=O)C3CC3)n2)CCN(Cc2ccccc2)C[C@H]1F. The van der Waals surface area contributed by atoms with E-state index in [9.17, 15) is 14.9 Å². The number of primary amides is 1. The van der Waals surface area contributed by atoms with Crippen molar-refractivity contribution in [1.82, 2.24) is 14.7 Å². The Morgan fingerprint density at radius 1 is 1.32 bits per heavy atom. The van der Waals surface area contributed by atoms with Gasteiger partial charge in [0.15, 0.2) is 5.82 Å². The van der Waals surface area contributed by atoms with Gasteiger partial charge < -0.3 is 11.1 Å². The van der Waals surface area contributed by atoms with Crippen molar-refractivity contribution < 1.29 is 14.0 Å². The molecule has 1 aliphatic heterocycles. The Morgan fingerprint density at radius 3 is 2.68 bits per heavy atom. The topological polar surface area (TPSA) is 117 Å². The van der Waals surface area contributed by atoms with E-state index >= 15 is 4.39 Å². The van der Waals surface area contributed by atoms with Gasteiger partial charge in [-0.05, 0) is 24.8 Å². The second-order valence-corrected chi connectivity index (χ2v) is 8.34. The number of nitrogens with one attached hydrogen (secondary N) is 1. The van der Waals surface area contributed by atoms with Crippen LogP contribution in [0.25, 0.3) is 0 Å². The van der Waals surface area contributed by atoms with Gasteiger partial charge in [0.25, 0.3) is 5.91 Å². The van der Waals surface area contributed by atoms with Crippen LogP contribution < -0.4 is 11.1 Å². The lowest BCUT2D eigenvalue weighted by molar-refractivity contribution is -0.117. The highest BCUT2D eigenvalue weighted by Crippen LogP contribution is 2.37. The van der Waals surface area contributed by atoms with Crippen molar-refractivity contribution >= 4 is 17.6 Å². The van der Waals surface area contributed by atoms with Crippen LogP contribution in [0.4, 0.5) is 10.2 Å². The molecule has 4 rings (SSSR count). The van der Waals surface area contributed by atoms with E-state index in [1.807, 2.05) is 35.2 Å². The van der Waals surface area contributed by atoms with Gasteiger partial charge in [0, 0.05) is 31.7 Å². The minimum atomic E-state index is -1.39. The van der Waals surface area contributed by atoms with Crippen molar-refractivity contribution in [3.8, 4) is 6.07 Å². The van der Waals surface area contributed by atoms with Crippen LogP contribution in [0, 0.1) is 17.2 Å². The van der Waals surface area contributed by atoms with Crippen LogP contribution in [-0.2, 0) is 16.9 Å². The zero-order valence-electron chi connectivity index (χ0n) is 17.1. The molecule has 31 heavy (non-hydrogen) atoms. The van der Waals surface area contributed by atoms with Crippen molar-refractivity contribution in [3.05, 3.63) is 47.7 Å². The summed E-state index contributed by atoms with van der Waals surface area (Å²) in [5, 5.41) is 16.4. The van der Waals surface area contributed by atoms with Crippen molar-refractivity contribution in [2.45, 2.75) is 43.9 Å². The number of carbonyl (C=O) groups excluding carboxylic acids is 2. The summed E-state index contributed by atoms with van der Waals surface area (Å²) < 4.78 is 17.0. The van der Waals surface area contributed by atoms with Gasteiger partial charge in [-0.3, -0.25) is 19.2 Å². The monoisotopic (exact) mass is 424 g/mol. The molecule has 2 aromatic rings. The van der Waals surface area contributed by atoms with Gasteiger partial charge in [0.1, 0.15) is 17.3 Å². The molecule has 3 N–H and O–H groups in total. The maximum atomic E-state index is 15.6. The highest BCUT2D eigenvalue weighted by atomic mass is 19.1. The third kappa shape index (κ3) is 4.30. The second kappa shape index (κ2) is 8.47. The van der Waals surface area contributed by atoms with Crippen LogP contribution in [0.1, 0.15) is 41.6 Å². The zero-order valence-corrected chi connectivity index (χ0v) is 17.1. The normalized spacial score (nSPS) is 23.8. The predicted octanol–water partition coefficient (Wildman–Crippen LogP) is 2.18. The molecule has 1 aliphatic carbocycles. The molecule has 1 saturated carbocycles. The summed E-state index contributed by atoms with van der Waals surface area (Å²) in [4.78, 5) is 26.1. The molecule has 0 bridgehead atoms.